The van der Waals surface area contributed by atoms with Gasteiger partial charge in [-0.05, 0) is 36.6 Å². The SMILES string of the molecule is COc1ccc(C(=O)N2CCOCC2)cc1NCC(=O)NCC1(c2ccccc2)CCC1. The molecule has 2 aliphatic rings. The van der Waals surface area contributed by atoms with E-state index in [0.717, 1.165) is 12.8 Å². The Morgan fingerprint density at radius 3 is 2.50 bits per heavy atom. The average Bonchev–Trinajstić information content (AvgIpc) is 2.82. The minimum atomic E-state index is -0.0841. The van der Waals surface area contributed by atoms with Crippen LogP contribution in [0.25, 0.3) is 0 Å². The Balaban J connectivity index is 1.36. The second-order valence-electron chi connectivity index (χ2n) is 8.45. The molecule has 2 fully saturated rings. The van der Waals surface area contributed by atoms with Crippen LogP contribution in [0.2, 0.25) is 0 Å². The third-order valence-corrected chi connectivity index (χ3v) is 6.50. The fourth-order valence-corrected chi connectivity index (χ4v) is 4.40. The lowest BCUT2D eigenvalue weighted by atomic mass is 9.64. The van der Waals surface area contributed by atoms with Crippen molar-refractivity contribution in [3.63, 3.8) is 0 Å². The molecule has 0 radical (unpaired) electrons. The number of benzene rings is 2. The molecule has 0 bridgehead atoms. The van der Waals surface area contributed by atoms with E-state index in [-0.39, 0.29) is 23.8 Å². The van der Waals surface area contributed by atoms with Crippen LogP contribution in [0.4, 0.5) is 5.69 Å². The van der Waals surface area contributed by atoms with Gasteiger partial charge in [-0.25, -0.2) is 0 Å². The van der Waals surface area contributed by atoms with Gasteiger partial charge in [-0.2, -0.15) is 0 Å². The number of rotatable bonds is 8. The van der Waals surface area contributed by atoms with Crippen LogP contribution in [0, 0.1) is 0 Å². The van der Waals surface area contributed by atoms with Crippen molar-refractivity contribution in [1.29, 1.82) is 0 Å². The number of ether oxygens (including phenoxy) is 2. The minimum Gasteiger partial charge on any atom is -0.495 e. The number of carbonyl (C=O) groups is 2. The van der Waals surface area contributed by atoms with E-state index in [0.29, 0.717) is 49.8 Å². The number of amides is 2. The standard InChI is InChI=1S/C25H31N3O4/c1-31-22-9-8-19(24(30)28-12-14-32-15-13-28)16-21(22)26-17-23(29)27-18-25(10-5-11-25)20-6-3-2-4-7-20/h2-4,6-9,16,26H,5,10-15,17-18H2,1H3,(H,27,29). The Morgan fingerprint density at radius 1 is 1.09 bits per heavy atom. The molecule has 2 N–H and O–H groups in total. The van der Waals surface area contributed by atoms with Crippen molar-refractivity contribution >= 4 is 17.5 Å². The monoisotopic (exact) mass is 437 g/mol. The molecular weight excluding hydrogens is 406 g/mol. The van der Waals surface area contributed by atoms with Gasteiger partial charge >= 0.3 is 0 Å². The first-order chi connectivity index (χ1) is 15.6. The predicted molar refractivity (Wildman–Crippen MR) is 123 cm³/mol. The summed E-state index contributed by atoms with van der Waals surface area (Å²) in [5.74, 6) is 0.466. The summed E-state index contributed by atoms with van der Waals surface area (Å²) in [7, 11) is 1.57. The zero-order valence-electron chi connectivity index (χ0n) is 18.6. The Bertz CT molecular complexity index is 937. The van der Waals surface area contributed by atoms with Crippen molar-refractivity contribution in [2.75, 3.05) is 51.8 Å². The number of nitrogens with one attached hydrogen (secondary N) is 2. The van der Waals surface area contributed by atoms with Crippen molar-refractivity contribution in [3.8, 4) is 5.75 Å². The number of methoxy groups -OCH3 is 1. The number of anilines is 1. The molecule has 2 amide bonds. The molecule has 1 saturated heterocycles. The molecule has 0 unspecified atom stereocenters. The van der Waals surface area contributed by atoms with Crippen molar-refractivity contribution in [2.45, 2.75) is 24.7 Å². The molecule has 0 atom stereocenters. The lowest BCUT2D eigenvalue weighted by molar-refractivity contribution is -0.119. The molecule has 32 heavy (non-hydrogen) atoms. The number of morpholine rings is 1. The Hall–Kier alpha value is -3.06. The number of carbonyl (C=O) groups excluding carboxylic acids is 2. The van der Waals surface area contributed by atoms with Crippen molar-refractivity contribution in [3.05, 3.63) is 59.7 Å². The minimum absolute atomic E-state index is 0.0408. The highest BCUT2D eigenvalue weighted by molar-refractivity contribution is 5.96. The van der Waals surface area contributed by atoms with E-state index in [1.54, 1.807) is 30.2 Å². The van der Waals surface area contributed by atoms with Crippen LogP contribution in [0.1, 0.15) is 35.2 Å². The summed E-state index contributed by atoms with van der Waals surface area (Å²) in [5, 5.41) is 6.23. The molecule has 0 spiro atoms. The van der Waals surface area contributed by atoms with Gasteiger partial charge < -0.3 is 25.0 Å². The number of nitrogens with zero attached hydrogens (tertiary/aromatic N) is 1. The third-order valence-electron chi connectivity index (χ3n) is 6.50. The van der Waals surface area contributed by atoms with Gasteiger partial charge in [-0.15, -0.1) is 0 Å². The fourth-order valence-electron chi connectivity index (χ4n) is 4.40. The lowest BCUT2D eigenvalue weighted by Crippen LogP contribution is -2.46. The predicted octanol–water partition coefficient (Wildman–Crippen LogP) is 2.82. The second kappa shape index (κ2) is 10.0. The smallest absolute Gasteiger partial charge is 0.254 e. The topological polar surface area (TPSA) is 79.9 Å². The van der Waals surface area contributed by atoms with Gasteiger partial charge in [0.25, 0.3) is 5.91 Å². The van der Waals surface area contributed by atoms with Gasteiger partial charge in [-0.3, -0.25) is 9.59 Å². The molecule has 1 saturated carbocycles. The zero-order chi connectivity index (χ0) is 22.4. The molecule has 1 aliphatic carbocycles. The maximum atomic E-state index is 12.8. The normalized spacial score (nSPS) is 17.2. The molecule has 1 heterocycles. The molecule has 2 aromatic carbocycles. The van der Waals surface area contributed by atoms with Gasteiger partial charge in [0, 0.05) is 30.6 Å². The van der Waals surface area contributed by atoms with Gasteiger partial charge in [0.15, 0.2) is 0 Å². The first-order valence-corrected chi connectivity index (χ1v) is 11.2. The van der Waals surface area contributed by atoms with E-state index in [2.05, 4.69) is 34.9 Å². The summed E-state index contributed by atoms with van der Waals surface area (Å²) in [4.78, 5) is 27.2. The van der Waals surface area contributed by atoms with Gasteiger partial charge in [0.1, 0.15) is 5.75 Å². The van der Waals surface area contributed by atoms with E-state index in [1.807, 2.05) is 6.07 Å². The van der Waals surface area contributed by atoms with Crippen LogP contribution in [0.5, 0.6) is 5.75 Å². The third kappa shape index (κ3) is 4.88. The van der Waals surface area contributed by atoms with Crippen molar-refractivity contribution in [1.82, 2.24) is 10.2 Å². The largest absolute Gasteiger partial charge is 0.495 e. The van der Waals surface area contributed by atoms with Crippen LogP contribution in [-0.2, 0) is 14.9 Å². The maximum absolute atomic E-state index is 12.8. The van der Waals surface area contributed by atoms with Crippen LogP contribution in [0.3, 0.4) is 0 Å². The first kappa shape index (κ1) is 22.1. The molecule has 1 aliphatic heterocycles. The van der Waals surface area contributed by atoms with Crippen LogP contribution in [-0.4, -0.2) is 63.2 Å². The molecule has 2 aromatic rings. The van der Waals surface area contributed by atoms with Crippen molar-refractivity contribution in [2.24, 2.45) is 0 Å². The average molecular weight is 438 g/mol. The van der Waals surface area contributed by atoms with Gasteiger partial charge in [-0.1, -0.05) is 36.8 Å². The van der Waals surface area contributed by atoms with Crippen LogP contribution >= 0.6 is 0 Å². The summed E-state index contributed by atoms with van der Waals surface area (Å²) in [6.45, 7) is 3.01. The summed E-state index contributed by atoms with van der Waals surface area (Å²) in [6, 6.07) is 15.7. The maximum Gasteiger partial charge on any atom is 0.254 e. The molecule has 4 rings (SSSR count). The molecular formula is C25H31N3O4. The van der Waals surface area contributed by atoms with Crippen molar-refractivity contribution < 1.29 is 19.1 Å². The summed E-state index contributed by atoms with van der Waals surface area (Å²) < 4.78 is 10.7. The second-order valence-corrected chi connectivity index (χ2v) is 8.45. The molecule has 7 nitrogen and oxygen atoms in total. The molecule has 0 aromatic heterocycles. The fraction of sp³-hybridized carbons (Fsp3) is 0.440. The van der Waals surface area contributed by atoms with Crippen LogP contribution in [0.15, 0.2) is 48.5 Å². The van der Waals surface area contributed by atoms with Gasteiger partial charge in [0.05, 0.1) is 32.6 Å². The van der Waals surface area contributed by atoms with E-state index in [9.17, 15) is 9.59 Å². The zero-order valence-corrected chi connectivity index (χ0v) is 18.6. The summed E-state index contributed by atoms with van der Waals surface area (Å²) in [6.07, 6.45) is 3.36. The van der Waals surface area contributed by atoms with E-state index in [4.69, 9.17) is 9.47 Å². The number of hydrogen-bond acceptors (Lipinski definition) is 5. The Kier molecular flexibility index (Phi) is 6.95. The van der Waals surface area contributed by atoms with E-state index < -0.39 is 0 Å². The molecule has 7 heteroatoms. The van der Waals surface area contributed by atoms with E-state index >= 15 is 0 Å². The van der Waals surface area contributed by atoms with E-state index in [1.165, 1.54) is 12.0 Å². The highest BCUT2D eigenvalue weighted by Gasteiger charge is 2.38. The molecule has 170 valence electrons. The number of hydrogen-bond donors (Lipinski definition) is 2. The quantitative estimate of drug-likeness (QED) is 0.664. The highest BCUT2D eigenvalue weighted by atomic mass is 16.5. The highest BCUT2D eigenvalue weighted by Crippen LogP contribution is 2.43. The van der Waals surface area contributed by atoms with Crippen LogP contribution < -0.4 is 15.4 Å². The lowest BCUT2D eigenvalue weighted by Gasteiger charge is -2.42. The summed E-state index contributed by atoms with van der Waals surface area (Å²) in [5.41, 5.74) is 2.52. The summed E-state index contributed by atoms with van der Waals surface area (Å²) >= 11 is 0. The Labute approximate surface area is 189 Å². The Morgan fingerprint density at radius 2 is 1.84 bits per heavy atom. The van der Waals surface area contributed by atoms with Gasteiger partial charge in [0.2, 0.25) is 5.91 Å². The first-order valence-electron chi connectivity index (χ1n) is 11.2.